The minimum atomic E-state index is -4.00. The average Bonchev–Trinajstić information content (AvgIpc) is 3.34. The number of rotatable bonds is 11. The van der Waals surface area contributed by atoms with Gasteiger partial charge in [0.1, 0.15) is 29.1 Å². The molecule has 3 atom stereocenters. The van der Waals surface area contributed by atoms with Gasteiger partial charge in [-0.05, 0) is 37.1 Å². The fourth-order valence-electron chi connectivity index (χ4n) is 4.16. The summed E-state index contributed by atoms with van der Waals surface area (Å²) >= 11 is 0. The van der Waals surface area contributed by atoms with Crippen molar-refractivity contribution < 1.29 is 22.6 Å². The minimum Gasteiger partial charge on any atom is -0.494 e. The number of aromatic nitrogens is 5. The van der Waals surface area contributed by atoms with Crippen LogP contribution in [0, 0.1) is 6.92 Å². The Bertz CT molecular complexity index is 1490. The molecule has 1 N–H and O–H groups in total. The standard InChI is InChI=1S/C27H32N6O5S/c1-17-15-28-25(29-16-17)18(2)19(3)39(34,35)32-27-31-30-26(24(38-6)20-11-8-7-9-12-20)33(27)23-21(36-4)13-10-14-22(23)37-5/h7-16,18-19,24H,1-6H3,(H,31,32)/t18-,19-,24+/m0/s1. The molecule has 0 aliphatic rings. The third-order valence-corrected chi connectivity index (χ3v) is 8.38. The second-order valence-corrected chi connectivity index (χ2v) is 11.1. The van der Waals surface area contributed by atoms with Crippen LogP contribution in [0.15, 0.2) is 60.9 Å². The molecule has 206 valence electrons. The largest absolute Gasteiger partial charge is 0.494 e. The van der Waals surface area contributed by atoms with Crippen LogP contribution in [0.25, 0.3) is 5.69 Å². The number of ether oxygens (including phenoxy) is 3. The van der Waals surface area contributed by atoms with E-state index in [4.69, 9.17) is 14.2 Å². The Hall–Kier alpha value is -4.03. The number of sulfonamides is 1. The second-order valence-electron chi connectivity index (χ2n) is 9.01. The number of para-hydroxylation sites is 1. The molecular weight excluding hydrogens is 520 g/mol. The Labute approximate surface area is 228 Å². The lowest BCUT2D eigenvalue weighted by Crippen LogP contribution is -2.31. The fourth-order valence-corrected chi connectivity index (χ4v) is 5.39. The second kappa shape index (κ2) is 11.8. The molecule has 2 aromatic heterocycles. The van der Waals surface area contributed by atoms with Crippen LogP contribution in [0.2, 0.25) is 0 Å². The summed E-state index contributed by atoms with van der Waals surface area (Å²) in [5.74, 6) is 1.05. The van der Waals surface area contributed by atoms with Crippen molar-refractivity contribution in [1.29, 1.82) is 0 Å². The molecule has 2 heterocycles. The molecule has 0 unspecified atom stereocenters. The number of nitrogens with zero attached hydrogens (tertiary/aromatic N) is 5. The Balaban J connectivity index is 1.84. The molecule has 4 aromatic rings. The summed E-state index contributed by atoms with van der Waals surface area (Å²) in [6.45, 7) is 5.24. The van der Waals surface area contributed by atoms with Gasteiger partial charge in [-0.15, -0.1) is 10.2 Å². The van der Waals surface area contributed by atoms with Crippen LogP contribution in [-0.2, 0) is 14.8 Å². The molecule has 0 fully saturated rings. The van der Waals surface area contributed by atoms with Gasteiger partial charge in [-0.25, -0.2) is 18.4 Å². The van der Waals surface area contributed by atoms with Gasteiger partial charge in [0.05, 0.1) is 19.5 Å². The van der Waals surface area contributed by atoms with Gasteiger partial charge in [0, 0.05) is 25.4 Å². The normalized spacial score (nSPS) is 13.9. The van der Waals surface area contributed by atoms with Crippen LogP contribution in [-0.4, -0.2) is 59.7 Å². The van der Waals surface area contributed by atoms with E-state index in [0.717, 1.165) is 11.1 Å². The number of hydrogen-bond donors (Lipinski definition) is 1. The number of methoxy groups -OCH3 is 3. The quantitative estimate of drug-likeness (QED) is 0.293. The fraction of sp³-hybridized carbons (Fsp3) is 0.333. The maximum atomic E-state index is 13.7. The molecule has 4 rings (SSSR count). The van der Waals surface area contributed by atoms with Gasteiger partial charge in [-0.3, -0.25) is 9.29 Å². The van der Waals surface area contributed by atoms with Gasteiger partial charge in [0.25, 0.3) is 0 Å². The maximum Gasteiger partial charge on any atom is 0.243 e. The summed E-state index contributed by atoms with van der Waals surface area (Å²) in [6.07, 6.45) is 2.65. The van der Waals surface area contributed by atoms with Gasteiger partial charge >= 0.3 is 0 Å². The van der Waals surface area contributed by atoms with E-state index >= 15 is 0 Å². The summed E-state index contributed by atoms with van der Waals surface area (Å²) < 4.78 is 48.6. The predicted octanol–water partition coefficient (Wildman–Crippen LogP) is 4.05. The summed E-state index contributed by atoms with van der Waals surface area (Å²) in [5, 5.41) is 7.72. The van der Waals surface area contributed by atoms with Gasteiger partial charge in [0.2, 0.25) is 16.0 Å². The van der Waals surface area contributed by atoms with Crippen molar-refractivity contribution in [2.75, 3.05) is 26.1 Å². The lowest BCUT2D eigenvalue weighted by atomic mass is 10.1. The Morgan fingerprint density at radius 2 is 1.49 bits per heavy atom. The highest BCUT2D eigenvalue weighted by Crippen LogP contribution is 2.38. The van der Waals surface area contributed by atoms with Crippen LogP contribution in [0.3, 0.4) is 0 Å². The zero-order valence-electron chi connectivity index (χ0n) is 22.7. The van der Waals surface area contributed by atoms with Crippen molar-refractivity contribution in [3.8, 4) is 17.2 Å². The zero-order chi connectivity index (χ0) is 28.2. The Kier molecular flexibility index (Phi) is 8.46. The van der Waals surface area contributed by atoms with E-state index in [1.165, 1.54) is 14.2 Å². The molecule has 0 aliphatic heterocycles. The van der Waals surface area contributed by atoms with Crippen LogP contribution >= 0.6 is 0 Å². The van der Waals surface area contributed by atoms with Crippen molar-refractivity contribution in [1.82, 2.24) is 24.7 Å². The summed E-state index contributed by atoms with van der Waals surface area (Å²) in [7, 11) is 0.580. The lowest BCUT2D eigenvalue weighted by molar-refractivity contribution is 0.127. The number of anilines is 1. The van der Waals surface area contributed by atoms with Gasteiger partial charge < -0.3 is 14.2 Å². The van der Waals surface area contributed by atoms with Crippen LogP contribution < -0.4 is 14.2 Å². The summed E-state index contributed by atoms with van der Waals surface area (Å²) in [6, 6.07) is 14.7. The predicted molar refractivity (Wildman–Crippen MR) is 147 cm³/mol. The van der Waals surface area contributed by atoms with Crippen LogP contribution in [0.5, 0.6) is 11.5 Å². The molecule has 0 spiro atoms. The van der Waals surface area contributed by atoms with Crippen molar-refractivity contribution in [2.45, 2.75) is 38.0 Å². The molecule has 0 aliphatic carbocycles. The van der Waals surface area contributed by atoms with Crippen molar-refractivity contribution in [3.63, 3.8) is 0 Å². The first kappa shape index (κ1) is 28.0. The molecule has 12 heteroatoms. The van der Waals surface area contributed by atoms with Crippen LogP contribution in [0.4, 0.5) is 5.95 Å². The van der Waals surface area contributed by atoms with Gasteiger partial charge in [-0.1, -0.05) is 43.3 Å². The van der Waals surface area contributed by atoms with E-state index < -0.39 is 27.3 Å². The van der Waals surface area contributed by atoms with E-state index in [2.05, 4.69) is 24.9 Å². The molecule has 0 saturated heterocycles. The van der Waals surface area contributed by atoms with Gasteiger partial charge in [-0.2, -0.15) is 0 Å². The monoisotopic (exact) mass is 552 g/mol. The maximum absolute atomic E-state index is 13.7. The van der Waals surface area contributed by atoms with E-state index in [-0.39, 0.29) is 5.95 Å². The highest BCUT2D eigenvalue weighted by atomic mass is 32.2. The number of aryl methyl sites for hydroxylation is 1. The number of benzene rings is 2. The zero-order valence-corrected chi connectivity index (χ0v) is 23.5. The topological polar surface area (TPSA) is 130 Å². The lowest BCUT2D eigenvalue weighted by Gasteiger charge is -2.23. The number of hydrogen-bond acceptors (Lipinski definition) is 9. The molecule has 39 heavy (non-hydrogen) atoms. The highest BCUT2D eigenvalue weighted by Gasteiger charge is 2.33. The van der Waals surface area contributed by atoms with Crippen molar-refractivity contribution in [2.24, 2.45) is 0 Å². The third kappa shape index (κ3) is 5.71. The number of nitrogens with one attached hydrogen (secondary N) is 1. The smallest absolute Gasteiger partial charge is 0.243 e. The SMILES string of the molecule is COc1cccc(OC)c1-n1c(NS(=O)(=O)[C@@H](C)[C@H](C)c2ncc(C)cn2)nnc1[C@H](OC)c1ccccc1. The first-order chi connectivity index (χ1) is 18.7. The average molecular weight is 553 g/mol. The molecule has 2 aromatic carbocycles. The molecule has 0 bridgehead atoms. The first-order valence-corrected chi connectivity index (χ1v) is 13.8. The van der Waals surface area contributed by atoms with Crippen LogP contribution in [0.1, 0.15) is 48.6 Å². The minimum absolute atomic E-state index is 0.0466. The molecule has 0 saturated carbocycles. The third-order valence-electron chi connectivity index (χ3n) is 6.52. The molecular formula is C27H32N6O5S. The van der Waals surface area contributed by atoms with E-state index in [1.54, 1.807) is 56.1 Å². The first-order valence-electron chi connectivity index (χ1n) is 12.3. The van der Waals surface area contributed by atoms with E-state index in [9.17, 15) is 8.42 Å². The summed E-state index contributed by atoms with van der Waals surface area (Å²) in [5.41, 5.74) is 2.10. The Morgan fingerprint density at radius 1 is 0.872 bits per heavy atom. The highest BCUT2D eigenvalue weighted by molar-refractivity contribution is 7.93. The van der Waals surface area contributed by atoms with Crippen molar-refractivity contribution >= 4 is 16.0 Å². The molecule has 11 nitrogen and oxygen atoms in total. The Morgan fingerprint density at radius 3 is 2.05 bits per heavy atom. The molecule has 0 amide bonds. The van der Waals surface area contributed by atoms with Gasteiger partial charge in [0.15, 0.2) is 5.82 Å². The van der Waals surface area contributed by atoms with Crippen molar-refractivity contribution in [3.05, 3.63) is 83.7 Å². The molecule has 0 radical (unpaired) electrons. The summed E-state index contributed by atoms with van der Waals surface area (Å²) in [4.78, 5) is 8.63. The van der Waals surface area contributed by atoms with E-state index in [0.29, 0.717) is 28.8 Å². The van der Waals surface area contributed by atoms with E-state index in [1.807, 2.05) is 37.3 Å².